The highest BCUT2D eigenvalue weighted by molar-refractivity contribution is 9.08. The Morgan fingerprint density at radius 3 is 3.00 bits per heavy atom. The van der Waals surface area contributed by atoms with Crippen molar-refractivity contribution in [1.82, 2.24) is 0 Å². The van der Waals surface area contributed by atoms with Gasteiger partial charge < -0.3 is 4.74 Å². The van der Waals surface area contributed by atoms with Gasteiger partial charge in [0.1, 0.15) is 0 Å². The second-order valence-corrected chi connectivity index (χ2v) is 4.57. The van der Waals surface area contributed by atoms with E-state index in [1.165, 1.54) is 18.1 Å². The molecule has 78 valence electrons. The molecule has 0 radical (unpaired) electrons. The Kier molecular flexibility index (Phi) is 3.07. The maximum atomic E-state index is 11.3. The summed E-state index contributed by atoms with van der Waals surface area (Å²) in [6.45, 7) is 0. The van der Waals surface area contributed by atoms with E-state index >= 15 is 0 Å². The Balaban J connectivity index is 2.53. The number of ether oxygens (including phenoxy) is 1. The van der Waals surface area contributed by atoms with Gasteiger partial charge >= 0.3 is 5.97 Å². The molecule has 1 heterocycles. The van der Waals surface area contributed by atoms with E-state index in [1.807, 2.05) is 12.1 Å². The zero-order valence-electron chi connectivity index (χ0n) is 8.12. The quantitative estimate of drug-likeness (QED) is 0.622. The van der Waals surface area contributed by atoms with Crippen molar-refractivity contribution in [3.63, 3.8) is 0 Å². The van der Waals surface area contributed by atoms with Gasteiger partial charge in [-0.05, 0) is 28.5 Å². The molecule has 2 rings (SSSR count). The SMILES string of the molecule is COC(=O)c1ccc2c(CBr)csc2c1. The monoisotopic (exact) mass is 284 g/mol. The number of carbonyl (C=O) groups is 1. The summed E-state index contributed by atoms with van der Waals surface area (Å²) in [5.74, 6) is -0.286. The molecular weight excluding hydrogens is 276 g/mol. The molecule has 0 unspecified atom stereocenters. The zero-order valence-corrected chi connectivity index (χ0v) is 10.5. The Morgan fingerprint density at radius 1 is 1.53 bits per heavy atom. The fourth-order valence-electron chi connectivity index (χ4n) is 1.43. The summed E-state index contributed by atoms with van der Waals surface area (Å²) in [7, 11) is 1.39. The summed E-state index contributed by atoms with van der Waals surface area (Å²) in [5.41, 5.74) is 1.86. The summed E-state index contributed by atoms with van der Waals surface area (Å²) in [6.07, 6.45) is 0. The van der Waals surface area contributed by atoms with Crippen LogP contribution in [-0.2, 0) is 10.1 Å². The molecule has 2 aromatic rings. The number of esters is 1. The van der Waals surface area contributed by atoms with Crippen LogP contribution in [0.4, 0.5) is 0 Å². The highest BCUT2D eigenvalue weighted by Crippen LogP contribution is 2.28. The Hall–Kier alpha value is -0.870. The minimum absolute atomic E-state index is 0.286. The van der Waals surface area contributed by atoms with Gasteiger partial charge in [0.2, 0.25) is 0 Å². The van der Waals surface area contributed by atoms with Crippen LogP contribution in [0.3, 0.4) is 0 Å². The first-order valence-corrected chi connectivity index (χ1v) is 6.40. The number of alkyl halides is 1. The Morgan fingerprint density at radius 2 is 2.33 bits per heavy atom. The van der Waals surface area contributed by atoms with Gasteiger partial charge in [-0.3, -0.25) is 0 Å². The van der Waals surface area contributed by atoms with Crippen LogP contribution in [0.2, 0.25) is 0 Å². The molecule has 0 saturated heterocycles. The average molecular weight is 285 g/mol. The molecule has 0 N–H and O–H groups in total. The van der Waals surface area contributed by atoms with Gasteiger partial charge in [-0.25, -0.2) is 4.79 Å². The van der Waals surface area contributed by atoms with E-state index < -0.39 is 0 Å². The maximum absolute atomic E-state index is 11.3. The van der Waals surface area contributed by atoms with Crippen LogP contribution in [0.1, 0.15) is 15.9 Å². The van der Waals surface area contributed by atoms with Crippen LogP contribution in [0.25, 0.3) is 10.1 Å². The molecule has 0 spiro atoms. The molecule has 0 fully saturated rings. The third-order valence-electron chi connectivity index (χ3n) is 2.22. The normalized spacial score (nSPS) is 10.5. The molecule has 0 amide bonds. The van der Waals surface area contributed by atoms with Gasteiger partial charge in [0.15, 0.2) is 0 Å². The summed E-state index contributed by atoms with van der Waals surface area (Å²) < 4.78 is 5.79. The van der Waals surface area contributed by atoms with Crippen LogP contribution in [0, 0.1) is 0 Å². The van der Waals surface area contributed by atoms with E-state index in [9.17, 15) is 4.79 Å². The van der Waals surface area contributed by atoms with Crippen LogP contribution in [-0.4, -0.2) is 13.1 Å². The third kappa shape index (κ3) is 1.92. The number of fused-ring (bicyclic) bond motifs is 1. The number of rotatable bonds is 2. The van der Waals surface area contributed by atoms with Crippen molar-refractivity contribution in [2.45, 2.75) is 5.33 Å². The number of halogens is 1. The van der Waals surface area contributed by atoms with E-state index in [1.54, 1.807) is 17.4 Å². The molecule has 1 aromatic carbocycles. The van der Waals surface area contributed by atoms with Crippen molar-refractivity contribution in [1.29, 1.82) is 0 Å². The molecule has 0 aliphatic rings. The van der Waals surface area contributed by atoms with Gasteiger partial charge in [0, 0.05) is 10.0 Å². The summed E-state index contributed by atoms with van der Waals surface area (Å²) in [4.78, 5) is 11.3. The van der Waals surface area contributed by atoms with Crippen LogP contribution >= 0.6 is 27.3 Å². The number of hydrogen-bond acceptors (Lipinski definition) is 3. The van der Waals surface area contributed by atoms with Crippen molar-refractivity contribution in [2.24, 2.45) is 0 Å². The second-order valence-electron chi connectivity index (χ2n) is 3.10. The smallest absolute Gasteiger partial charge is 0.337 e. The molecule has 0 aliphatic carbocycles. The number of methoxy groups -OCH3 is 1. The van der Waals surface area contributed by atoms with E-state index in [4.69, 9.17) is 0 Å². The van der Waals surface area contributed by atoms with Gasteiger partial charge in [-0.2, -0.15) is 0 Å². The number of carbonyl (C=O) groups excluding carboxylic acids is 1. The number of benzene rings is 1. The molecule has 2 nitrogen and oxygen atoms in total. The largest absolute Gasteiger partial charge is 0.465 e. The summed E-state index contributed by atoms with van der Waals surface area (Å²) in [6, 6.07) is 5.64. The summed E-state index contributed by atoms with van der Waals surface area (Å²) >= 11 is 5.08. The first-order valence-electron chi connectivity index (χ1n) is 4.40. The Labute approximate surface area is 100.0 Å². The topological polar surface area (TPSA) is 26.3 Å². The Bertz CT molecular complexity index is 504. The van der Waals surface area contributed by atoms with Gasteiger partial charge in [0.25, 0.3) is 0 Å². The number of hydrogen-bond donors (Lipinski definition) is 0. The minimum Gasteiger partial charge on any atom is -0.465 e. The van der Waals surface area contributed by atoms with Gasteiger partial charge in [-0.15, -0.1) is 11.3 Å². The van der Waals surface area contributed by atoms with E-state index in [2.05, 4.69) is 26.0 Å². The molecule has 0 atom stereocenters. The molecule has 0 saturated carbocycles. The second kappa shape index (κ2) is 4.33. The average Bonchev–Trinajstić information content (AvgIpc) is 2.69. The number of thiophene rings is 1. The lowest BCUT2D eigenvalue weighted by Gasteiger charge is -1.99. The standard InChI is InChI=1S/C11H9BrO2S/c1-14-11(13)7-2-3-9-8(5-12)6-15-10(9)4-7/h2-4,6H,5H2,1H3. The van der Waals surface area contributed by atoms with E-state index in [-0.39, 0.29) is 5.97 Å². The van der Waals surface area contributed by atoms with Gasteiger partial charge in [0.05, 0.1) is 12.7 Å². The lowest BCUT2D eigenvalue weighted by atomic mass is 10.1. The predicted octanol–water partition coefficient (Wildman–Crippen LogP) is 3.58. The van der Waals surface area contributed by atoms with E-state index in [0.29, 0.717) is 5.56 Å². The van der Waals surface area contributed by atoms with Crippen LogP contribution < -0.4 is 0 Å². The lowest BCUT2D eigenvalue weighted by molar-refractivity contribution is 0.0601. The van der Waals surface area contributed by atoms with Crippen molar-refractivity contribution in [2.75, 3.05) is 7.11 Å². The maximum Gasteiger partial charge on any atom is 0.337 e. The molecule has 15 heavy (non-hydrogen) atoms. The lowest BCUT2D eigenvalue weighted by Crippen LogP contribution is -2.00. The van der Waals surface area contributed by atoms with Crippen LogP contribution in [0.15, 0.2) is 23.6 Å². The third-order valence-corrected chi connectivity index (χ3v) is 3.82. The highest BCUT2D eigenvalue weighted by atomic mass is 79.9. The molecule has 4 heteroatoms. The van der Waals surface area contributed by atoms with Crippen molar-refractivity contribution in [3.8, 4) is 0 Å². The molecular formula is C11H9BrO2S. The fraction of sp³-hybridized carbons (Fsp3) is 0.182. The molecule has 1 aromatic heterocycles. The van der Waals surface area contributed by atoms with Crippen molar-refractivity contribution >= 4 is 43.3 Å². The predicted molar refractivity (Wildman–Crippen MR) is 65.8 cm³/mol. The van der Waals surface area contributed by atoms with Gasteiger partial charge in [-0.1, -0.05) is 22.0 Å². The van der Waals surface area contributed by atoms with Crippen LogP contribution in [0.5, 0.6) is 0 Å². The van der Waals surface area contributed by atoms with Crippen molar-refractivity contribution in [3.05, 3.63) is 34.7 Å². The molecule has 0 aliphatic heterocycles. The zero-order chi connectivity index (χ0) is 10.8. The first kappa shape index (κ1) is 10.6. The minimum atomic E-state index is -0.286. The first-order chi connectivity index (χ1) is 7.26. The van der Waals surface area contributed by atoms with Crippen molar-refractivity contribution < 1.29 is 9.53 Å². The fourth-order valence-corrected chi connectivity index (χ4v) is 3.11. The molecule has 0 bridgehead atoms. The highest BCUT2D eigenvalue weighted by Gasteiger charge is 2.08. The summed E-state index contributed by atoms with van der Waals surface area (Å²) in [5, 5.41) is 4.13. The van der Waals surface area contributed by atoms with E-state index in [0.717, 1.165) is 10.0 Å².